The second-order valence-electron chi connectivity index (χ2n) is 7.60. The summed E-state index contributed by atoms with van der Waals surface area (Å²) < 4.78 is 52.5. The molecule has 1 atom stereocenters. The number of hydrogen-bond acceptors (Lipinski definition) is 6. The molecule has 33 heavy (non-hydrogen) atoms. The van der Waals surface area contributed by atoms with Gasteiger partial charge in [0.15, 0.2) is 0 Å². The van der Waals surface area contributed by atoms with Crippen LogP contribution in [0.3, 0.4) is 0 Å². The summed E-state index contributed by atoms with van der Waals surface area (Å²) in [5.41, 5.74) is 3.07. The molecule has 5 nitrogen and oxygen atoms in total. The number of rotatable bonds is 4. The molecule has 0 saturated carbocycles. The summed E-state index contributed by atoms with van der Waals surface area (Å²) in [5, 5.41) is 4.68. The standard InChI is InChI=1S/C21H21F3N4OS2.C2H6/c1-12-6-13-4-5-28(2)10-14(13)7-17(12)26-20-25-9-16(21(22,23)24)19(27-20)18-8-15(11-30-18)31(3)29;1-2/h6-9,11H,4-5,10H2,1-3H3,(H,25,26,27);1-2H3. The summed E-state index contributed by atoms with van der Waals surface area (Å²) >= 11 is 1.08. The number of nitrogens with one attached hydrogen (secondary N) is 1. The van der Waals surface area contributed by atoms with Crippen molar-refractivity contribution in [2.24, 2.45) is 0 Å². The molecule has 1 aliphatic rings. The Hall–Kier alpha value is -2.30. The van der Waals surface area contributed by atoms with Gasteiger partial charge in [-0.15, -0.1) is 11.3 Å². The van der Waals surface area contributed by atoms with E-state index >= 15 is 0 Å². The lowest BCUT2D eigenvalue weighted by molar-refractivity contribution is -0.137. The van der Waals surface area contributed by atoms with E-state index in [-0.39, 0.29) is 11.6 Å². The molecule has 1 aliphatic heterocycles. The minimum absolute atomic E-state index is 0.0859. The van der Waals surface area contributed by atoms with Crippen molar-refractivity contribution >= 4 is 33.8 Å². The van der Waals surface area contributed by atoms with Crippen molar-refractivity contribution in [2.75, 3.05) is 25.2 Å². The van der Waals surface area contributed by atoms with Crippen molar-refractivity contribution in [3.63, 3.8) is 0 Å². The van der Waals surface area contributed by atoms with Crippen LogP contribution in [0.5, 0.6) is 0 Å². The van der Waals surface area contributed by atoms with Gasteiger partial charge in [-0.1, -0.05) is 19.9 Å². The van der Waals surface area contributed by atoms with Crippen LogP contribution < -0.4 is 5.32 Å². The highest BCUT2D eigenvalue weighted by Crippen LogP contribution is 2.39. The average molecular weight is 497 g/mol. The van der Waals surface area contributed by atoms with E-state index < -0.39 is 22.5 Å². The van der Waals surface area contributed by atoms with E-state index in [1.54, 1.807) is 5.38 Å². The first kappa shape index (κ1) is 25.3. The molecule has 1 N–H and O–H groups in total. The molecule has 0 aliphatic carbocycles. The van der Waals surface area contributed by atoms with Gasteiger partial charge in [0.25, 0.3) is 0 Å². The number of thiophene rings is 1. The summed E-state index contributed by atoms with van der Waals surface area (Å²) in [6.07, 6.45) is -1.35. The Morgan fingerprint density at radius 3 is 2.55 bits per heavy atom. The molecular formula is C23H27F3N4OS2. The predicted octanol–water partition coefficient (Wildman–Crippen LogP) is 6.03. The Balaban J connectivity index is 0.00000149. The molecule has 3 heterocycles. The van der Waals surface area contributed by atoms with E-state index in [9.17, 15) is 17.4 Å². The van der Waals surface area contributed by atoms with Gasteiger partial charge in [-0.25, -0.2) is 9.97 Å². The highest BCUT2D eigenvalue weighted by Gasteiger charge is 2.36. The number of alkyl halides is 3. The summed E-state index contributed by atoms with van der Waals surface area (Å²) in [5.74, 6) is 0.0859. The van der Waals surface area contributed by atoms with Gasteiger partial charge in [0.05, 0.1) is 21.4 Å². The van der Waals surface area contributed by atoms with Crippen molar-refractivity contribution in [1.82, 2.24) is 14.9 Å². The van der Waals surface area contributed by atoms with Gasteiger partial charge in [-0.3, -0.25) is 4.21 Å². The monoisotopic (exact) mass is 496 g/mol. The molecule has 1 unspecified atom stereocenters. The van der Waals surface area contributed by atoms with E-state index in [1.165, 1.54) is 23.4 Å². The molecule has 4 rings (SSSR count). The van der Waals surface area contributed by atoms with Gasteiger partial charge < -0.3 is 10.2 Å². The van der Waals surface area contributed by atoms with Gasteiger partial charge in [0, 0.05) is 41.5 Å². The lowest BCUT2D eigenvalue weighted by Gasteiger charge is -2.26. The Bertz CT molecular complexity index is 1160. The number of hydrogen-bond donors (Lipinski definition) is 1. The number of anilines is 2. The van der Waals surface area contributed by atoms with E-state index in [2.05, 4.69) is 33.3 Å². The maximum Gasteiger partial charge on any atom is 0.420 e. The Kier molecular flexibility index (Phi) is 7.92. The molecule has 3 aromatic rings. The SMILES string of the molecule is CC.Cc1cc2c(cc1Nc1ncc(C(F)(F)F)c(-c3cc(S(C)=O)cs3)n1)CN(C)CC2. The molecule has 0 fully saturated rings. The Morgan fingerprint density at radius 1 is 1.18 bits per heavy atom. The first-order chi connectivity index (χ1) is 15.6. The zero-order valence-corrected chi connectivity index (χ0v) is 20.8. The molecule has 10 heteroatoms. The van der Waals surface area contributed by atoms with Gasteiger partial charge in [0.2, 0.25) is 5.95 Å². The third-order valence-corrected chi connectivity index (χ3v) is 7.22. The van der Waals surface area contributed by atoms with Gasteiger partial charge in [-0.05, 0) is 49.2 Å². The van der Waals surface area contributed by atoms with Crippen molar-refractivity contribution in [1.29, 1.82) is 0 Å². The van der Waals surface area contributed by atoms with E-state index in [4.69, 9.17) is 0 Å². The van der Waals surface area contributed by atoms with Crippen molar-refractivity contribution in [3.8, 4) is 10.6 Å². The van der Waals surface area contributed by atoms with Crippen LogP contribution in [-0.4, -0.2) is 38.9 Å². The smallest absolute Gasteiger partial charge is 0.324 e. The Labute approximate surface area is 198 Å². The summed E-state index contributed by atoms with van der Waals surface area (Å²) in [4.78, 5) is 11.1. The Morgan fingerprint density at radius 2 is 1.91 bits per heavy atom. The van der Waals surface area contributed by atoms with E-state index in [0.29, 0.717) is 9.77 Å². The highest BCUT2D eigenvalue weighted by atomic mass is 32.2. The molecule has 2 aromatic heterocycles. The number of benzene rings is 1. The van der Waals surface area contributed by atoms with Crippen molar-refractivity contribution < 1.29 is 17.4 Å². The fourth-order valence-electron chi connectivity index (χ4n) is 3.56. The summed E-state index contributed by atoms with van der Waals surface area (Å²) in [6.45, 7) is 7.76. The lowest BCUT2D eigenvalue weighted by Crippen LogP contribution is -2.26. The number of fused-ring (bicyclic) bond motifs is 1. The van der Waals surface area contributed by atoms with Crippen LogP contribution in [0.4, 0.5) is 24.8 Å². The largest absolute Gasteiger partial charge is 0.420 e. The maximum absolute atomic E-state index is 13.6. The minimum Gasteiger partial charge on any atom is -0.324 e. The first-order valence-corrected chi connectivity index (χ1v) is 13.0. The van der Waals surface area contributed by atoms with E-state index in [0.717, 1.165) is 48.3 Å². The fraction of sp³-hybridized carbons (Fsp3) is 0.391. The highest BCUT2D eigenvalue weighted by molar-refractivity contribution is 7.84. The van der Waals surface area contributed by atoms with Crippen LogP contribution in [0.25, 0.3) is 10.6 Å². The molecule has 0 radical (unpaired) electrons. The van der Waals surface area contributed by atoms with Crippen LogP contribution in [0.15, 0.2) is 34.7 Å². The first-order valence-electron chi connectivity index (χ1n) is 10.6. The molecule has 1 aromatic carbocycles. The van der Waals surface area contributed by atoms with Gasteiger partial charge >= 0.3 is 6.18 Å². The zero-order valence-electron chi connectivity index (χ0n) is 19.2. The van der Waals surface area contributed by atoms with Gasteiger partial charge in [0.1, 0.15) is 5.56 Å². The van der Waals surface area contributed by atoms with Crippen LogP contribution in [-0.2, 0) is 29.9 Å². The quantitative estimate of drug-likeness (QED) is 0.478. The normalized spacial score (nSPS) is 14.8. The van der Waals surface area contributed by atoms with Crippen LogP contribution in [0.2, 0.25) is 0 Å². The maximum atomic E-state index is 13.6. The molecule has 0 saturated heterocycles. The molecule has 0 spiro atoms. The van der Waals surface area contributed by atoms with Crippen molar-refractivity contribution in [2.45, 2.75) is 44.8 Å². The summed E-state index contributed by atoms with van der Waals surface area (Å²) in [7, 11) is 0.767. The fourth-order valence-corrected chi connectivity index (χ4v) is 5.38. The molecule has 0 bridgehead atoms. The number of halogens is 3. The number of aromatic nitrogens is 2. The number of likely N-dealkylation sites (N-methyl/N-ethyl adjacent to an activating group) is 1. The number of nitrogens with zero attached hydrogens (tertiary/aromatic N) is 3. The van der Waals surface area contributed by atoms with Gasteiger partial charge in [-0.2, -0.15) is 13.2 Å². The lowest BCUT2D eigenvalue weighted by atomic mass is 9.96. The summed E-state index contributed by atoms with van der Waals surface area (Å²) in [6, 6.07) is 5.62. The second-order valence-corrected chi connectivity index (χ2v) is 9.89. The second kappa shape index (κ2) is 10.3. The predicted molar refractivity (Wildman–Crippen MR) is 129 cm³/mol. The van der Waals surface area contributed by atoms with Crippen LogP contribution >= 0.6 is 11.3 Å². The zero-order chi connectivity index (χ0) is 24.3. The number of aryl methyl sites for hydroxylation is 1. The third-order valence-electron chi connectivity index (χ3n) is 5.23. The van der Waals surface area contributed by atoms with Crippen LogP contribution in [0, 0.1) is 6.92 Å². The molecular weight excluding hydrogens is 469 g/mol. The van der Waals surface area contributed by atoms with E-state index in [1.807, 2.05) is 26.8 Å². The van der Waals surface area contributed by atoms with Crippen molar-refractivity contribution in [3.05, 3.63) is 52.0 Å². The minimum atomic E-state index is -4.60. The topological polar surface area (TPSA) is 58.1 Å². The van der Waals surface area contributed by atoms with Crippen LogP contribution in [0.1, 0.15) is 36.1 Å². The molecule has 178 valence electrons. The average Bonchev–Trinajstić information content (AvgIpc) is 3.26. The third kappa shape index (κ3) is 5.80. The molecule has 0 amide bonds.